The van der Waals surface area contributed by atoms with Crippen LogP contribution >= 0.6 is 27.3 Å². The minimum absolute atomic E-state index is 0.215. The first-order valence-corrected chi connectivity index (χ1v) is 9.24. The lowest BCUT2D eigenvalue weighted by molar-refractivity contribution is 0.0703. The fourth-order valence-electron chi connectivity index (χ4n) is 2.56. The van der Waals surface area contributed by atoms with Gasteiger partial charge in [-0.25, -0.2) is 4.79 Å². The molecule has 0 unspecified atom stereocenters. The van der Waals surface area contributed by atoms with Gasteiger partial charge in [0, 0.05) is 37.6 Å². The van der Waals surface area contributed by atoms with Crippen molar-refractivity contribution in [3.05, 3.63) is 56.7 Å². The van der Waals surface area contributed by atoms with E-state index in [1.165, 1.54) is 4.88 Å². The van der Waals surface area contributed by atoms with Gasteiger partial charge in [0.2, 0.25) is 0 Å². The molecule has 0 N–H and O–H groups in total. The number of thiophene rings is 1. The second-order valence-electron chi connectivity index (χ2n) is 5.51. The van der Waals surface area contributed by atoms with Gasteiger partial charge in [0.15, 0.2) is 0 Å². The van der Waals surface area contributed by atoms with E-state index in [4.69, 9.17) is 4.74 Å². The normalized spacial score (nSPS) is 15.6. The van der Waals surface area contributed by atoms with Gasteiger partial charge >= 0.3 is 6.09 Å². The molecule has 0 aliphatic carbocycles. The van der Waals surface area contributed by atoms with Crippen LogP contribution in [-0.2, 0) is 17.9 Å². The van der Waals surface area contributed by atoms with Gasteiger partial charge in [-0.05, 0) is 33.6 Å². The third-order valence-electron chi connectivity index (χ3n) is 3.84. The average molecular weight is 395 g/mol. The smallest absolute Gasteiger partial charge is 0.410 e. The Kier molecular flexibility index (Phi) is 5.70. The molecule has 6 heteroatoms. The minimum atomic E-state index is -0.215. The Morgan fingerprint density at radius 3 is 2.48 bits per heavy atom. The summed E-state index contributed by atoms with van der Waals surface area (Å²) in [4.78, 5) is 17.6. The number of halogens is 1. The van der Waals surface area contributed by atoms with Crippen molar-refractivity contribution >= 4 is 33.4 Å². The first-order chi connectivity index (χ1) is 11.2. The number of hydrogen-bond donors (Lipinski definition) is 0. The number of hydrogen-bond acceptors (Lipinski definition) is 4. The number of piperazine rings is 1. The summed E-state index contributed by atoms with van der Waals surface area (Å²) in [7, 11) is 0. The van der Waals surface area contributed by atoms with Gasteiger partial charge in [0.25, 0.3) is 0 Å². The van der Waals surface area contributed by atoms with Crippen molar-refractivity contribution in [2.75, 3.05) is 26.2 Å². The van der Waals surface area contributed by atoms with Crippen LogP contribution in [0.25, 0.3) is 0 Å². The highest BCUT2D eigenvalue weighted by Gasteiger charge is 2.22. The molecule has 23 heavy (non-hydrogen) atoms. The summed E-state index contributed by atoms with van der Waals surface area (Å²) in [6.07, 6.45) is -0.215. The van der Waals surface area contributed by atoms with Gasteiger partial charge in [0.1, 0.15) is 6.61 Å². The Morgan fingerprint density at radius 1 is 1.09 bits per heavy atom. The Morgan fingerprint density at radius 2 is 1.83 bits per heavy atom. The molecule has 1 aliphatic rings. The van der Waals surface area contributed by atoms with E-state index in [1.54, 1.807) is 16.2 Å². The van der Waals surface area contributed by atoms with Crippen LogP contribution in [0.3, 0.4) is 0 Å². The lowest BCUT2D eigenvalue weighted by Gasteiger charge is -2.33. The van der Waals surface area contributed by atoms with Gasteiger partial charge in [-0.2, -0.15) is 0 Å². The molecule has 2 heterocycles. The van der Waals surface area contributed by atoms with E-state index < -0.39 is 0 Å². The standard InChI is InChI=1S/C17H19BrN2O2S/c18-16-7-6-15(23-16)12-19-8-10-20(11-9-19)17(21)22-13-14-4-2-1-3-5-14/h1-7H,8-13H2. The second kappa shape index (κ2) is 7.95. The first kappa shape index (κ1) is 16.5. The minimum Gasteiger partial charge on any atom is -0.445 e. The van der Waals surface area contributed by atoms with Gasteiger partial charge < -0.3 is 9.64 Å². The molecule has 0 radical (unpaired) electrons. The van der Waals surface area contributed by atoms with E-state index in [0.717, 1.165) is 42.1 Å². The molecule has 0 spiro atoms. The summed E-state index contributed by atoms with van der Waals surface area (Å²) < 4.78 is 6.55. The van der Waals surface area contributed by atoms with Gasteiger partial charge in [-0.15, -0.1) is 11.3 Å². The maximum atomic E-state index is 12.1. The van der Waals surface area contributed by atoms with Crippen LogP contribution in [0.1, 0.15) is 10.4 Å². The van der Waals surface area contributed by atoms with E-state index in [0.29, 0.717) is 6.61 Å². The molecule has 0 saturated carbocycles. The molecule has 0 bridgehead atoms. The summed E-state index contributed by atoms with van der Waals surface area (Å²) in [6.45, 7) is 4.50. The summed E-state index contributed by atoms with van der Waals surface area (Å²) >= 11 is 5.26. The van der Waals surface area contributed by atoms with E-state index in [9.17, 15) is 4.79 Å². The molecular weight excluding hydrogens is 376 g/mol. The molecule has 1 saturated heterocycles. The molecule has 3 rings (SSSR count). The van der Waals surface area contributed by atoms with E-state index in [1.807, 2.05) is 30.3 Å². The third-order valence-corrected chi connectivity index (χ3v) is 5.45. The molecule has 1 amide bonds. The fraction of sp³-hybridized carbons (Fsp3) is 0.353. The number of carbonyl (C=O) groups excluding carboxylic acids is 1. The Hall–Kier alpha value is -1.37. The predicted octanol–water partition coefficient (Wildman–Crippen LogP) is 3.97. The molecule has 1 aromatic heterocycles. The highest BCUT2D eigenvalue weighted by Crippen LogP contribution is 2.23. The SMILES string of the molecule is O=C(OCc1ccccc1)N1CCN(Cc2ccc(Br)s2)CC1. The third kappa shape index (κ3) is 4.80. The van der Waals surface area contributed by atoms with Crippen molar-refractivity contribution in [2.45, 2.75) is 13.2 Å². The van der Waals surface area contributed by atoms with Crippen molar-refractivity contribution < 1.29 is 9.53 Å². The van der Waals surface area contributed by atoms with Gasteiger partial charge in [-0.1, -0.05) is 30.3 Å². The Bertz CT molecular complexity index is 639. The lowest BCUT2D eigenvalue weighted by atomic mass is 10.2. The largest absolute Gasteiger partial charge is 0.445 e. The quantitative estimate of drug-likeness (QED) is 0.786. The first-order valence-electron chi connectivity index (χ1n) is 7.63. The molecular formula is C17H19BrN2O2S. The van der Waals surface area contributed by atoms with Gasteiger partial charge in [-0.3, -0.25) is 4.90 Å². The van der Waals surface area contributed by atoms with Crippen LogP contribution in [0, 0.1) is 0 Å². The zero-order valence-electron chi connectivity index (χ0n) is 12.8. The van der Waals surface area contributed by atoms with Crippen molar-refractivity contribution in [1.82, 2.24) is 9.80 Å². The van der Waals surface area contributed by atoms with Crippen LogP contribution in [-0.4, -0.2) is 42.1 Å². The van der Waals surface area contributed by atoms with Crippen LogP contribution in [0.5, 0.6) is 0 Å². The topological polar surface area (TPSA) is 32.8 Å². The summed E-state index contributed by atoms with van der Waals surface area (Å²) in [5.41, 5.74) is 1.02. The highest BCUT2D eigenvalue weighted by molar-refractivity contribution is 9.11. The highest BCUT2D eigenvalue weighted by atomic mass is 79.9. The van der Waals surface area contributed by atoms with Crippen molar-refractivity contribution in [3.8, 4) is 0 Å². The van der Waals surface area contributed by atoms with E-state index >= 15 is 0 Å². The maximum absolute atomic E-state index is 12.1. The van der Waals surface area contributed by atoms with Crippen LogP contribution in [0.4, 0.5) is 4.79 Å². The predicted molar refractivity (Wildman–Crippen MR) is 95.5 cm³/mol. The number of nitrogens with zero attached hydrogens (tertiary/aromatic N) is 2. The molecule has 1 aliphatic heterocycles. The summed E-state index contributed by atoms with van der Waals surface area (Å²) in [6, 6.07) is 14.0. The number of rotatable bonds is 4. The van der Waals surface area contributed by atoms with Crippen molar-refractivity contribution in [1.29, 1.82) is 0 Å². The molecule has 122 valence electrons. The molecule has 2 aromatic rings. The maximum Gasteiger partial charge on any atom is 0.410 e. The fourth-order valence-corrected chi connectivity index (χ4v) is 4.08. The molecule has 4 nitrogen and oxygen atoms in total. The molecule has 0 atom stereocenters. The average Bonchev–Trinajstić information content (AvgIpc) is 2.99. The summed E-state index contributed by atoms with van der Waals surface area (Å²) in [5, 5.41) is 0. The number of benzene rings is 1. The molecule has 1 aromatic carbocycles. The number of ether oxygens (including phenoxy) is 1. The zero-order chi connectivity index (χ0) is 16.1. The Balaban J connectivity index is 1.42. The van der Waals surface area contributed by atoms with Crippen LogP contribution < -0.4 is 0 Å². The lowest BCUT2D eigenvalue weighted by Crippen LogP contribution is -2.48. The number of amides is 1. The Labute approximate surface area is 148 Å². The van der Waals surface area contributed by atoms with Crippen molar-refractivity contribution in [2.24, 2.45) is 0 Å². The summed E-state index contributed by atoms with van der Waals surface area (Å²) in [5.74, 6) is 0. The second-order valence-corrected chi connectivity index (χ2v) is 8.06. The van der Waals surface area contributed by atoms with Crippen molar-refractivity contribution in [3.63, 3.8) is 0 Å². The van der Waals surface area contributed by atoms with Crippen LogP contribution in [0.15, 0.2) is 46.3 Å². The molecule has 1 fully saturated rings. The number of carbonyl (C=O) groups is 1. The van der Waals surface area contributed by atoms with E-state index in [-0.39, 0.29) is 6.09 Å². The monoisotopic (exact) mass is 394 g/mol. The van der Waals surface area contributed by atoms with E-state index in [2.05, 4.69) is 33.0 Å². The zero-order valence-corrected chi connectivity index (χ0v) is 15.2. The van der Waals surface area contributed by atoms with Crippen LogP contribution in [0.2, 0.25) is 0 Å². The van der Waals surface area contributed by atoms with Gasteiger partial charge in [0.05, 0.1) is 3.79 Å².